The maximum Gasteiger partial charge on any atom is 0.281 e. The number of nitrogens with one attached hydrogen (secondary N) is 1. The normalized spacial score (nSPS) is 15.7. The van der Waals surface area contributed by atoms with Crippen LogP contribution in [0.5, 0.6) is 0 Å². The van der Waals surface area contributed by atoms with Crippen LogP contribution >= 0.6 is 0 Å². The van der Waals surface area contributed by atoms with Crippen molar-refractivity contribution in [2.75, 3.05) is 13.1 Å². The second kappa shape index (κ2) is 9.94. The largest absolute Gasteiger partial charge is 0.308 e. The molecule has 1 N–H and O–H groups in total. The van der Waals surface area contributed by atoms with Gasteiger partial charge in [0.2, 0.25) is 10.0 Å². The minimum atomic E-state index is -3.63. The standard InChI is InChI=1S/C30H32N6O3S/c1-30(2,3)24-11-8-20(9-12-24)19-36-28-26(33-34-36)29(37)32-27(31-28)22-14-16-35(17-15-22)40(38,39)25-13-10-21-6-4-5-7-23(21)18-25/h4-13,18,22H,14-17,19H2,1-3H3,(H,31,32,37). The predicted molar refractivity (Wildman–Crippen MR) is 155 cm³/mol. The van der Waals surface area contributed by atoms with Gasteiger partial charge in [-0.3, -0.25) is 4.79 Å². The van der Waals surface area contributed by atoms with Crippen LogP contribution in [0.4, 0.5) is 0 Å². The molecule has 10 heteroatoms. The summed E-state index contributed by atoms with van der Waals surface area (Å²) in [6.45, 7) is 7.66. The van der Waals surface area contributed by atoms with E-state index in [2.05, 4.69) is 60.3 Å². The number of sulfonamides is 1. The second-order valence-electron chi connectivity index (χ2n) is 11.5. The van der Waals surface area contributed by atoms with Gasteiger partial charge in [0.05, 0.1) is 11.4 Å². The van der Waals surface area contributed by atoms with Crippen LogP contribution < -0.4 is 5.56 Å². The van der Waals surface area contributed by atoms with Gasteiger partial charge in [-0.05, 0) is 52.3 Å². The lowest BCUT2D eigenvalue weighted by Gasteiger charge is -2.30. The Morgan fingerprint density at radius 1 is 0.950 bits per heavy atom. The highest BCUT2D eigenvalue weighted by Gasteiger charge is 2.31. The molecule has 1 saturated heterocycles. The number of H-pyrrole nitrogens is 1. The van der Waals surface area contributed by atoms with E-state index in [0.29, 0.717) is 48.8 Å². The van der Waals surface area contributed by atoms with E-state index >= 15 is 0 Å². The predicted octanol–water partition coefficient (Wildman–Crippen LogP) is 4.58. The van der Waals surface area contributed by atoms with E-state index in [1.165, 1.54) is 9.87 Å². The molecule has 0 radical (unpaired) electrons. The zero-order valence-electron chi connectivity index (χ0n) is 22.8. The van der Waals surface area contributed by atoms with Crippen LogP contribution in [0.15, 0.2) is 76.4 Å². The van der Waals surface area contributed by atoms with Gasteiger partial charge in [0.1, 0.15) is 5.82 Å². The molecule has 2 aromatic heterocycles. The number of aromatic nitrogens is 5. The van der Waals surface area contributed by atoms with Crippen molar-refractivity contribution in [3.8, 4) is 0 Å². The van der Waals surface area contributed by atoms with Crippen molar-refractivity contribution in [2.45, 2.75) is 56.4 Å². The number of benzene rings is 3. The van der Waals surface area contributed by atoms with Crippen LogP contribution in [0.25, 0.3) is 21.9 Å². The van der Waals surface area contributed by atoms with Gasteiger partial charge in [0.15, 0.2) is 11.2 Å². The maximum absolute atomic E-state index is 13.4. The SMILES string of the molecule is CC(C)(C)c1ccc(Cn2nnc3c(=O)[nH]c(C4CCN(S(=O)(=O)c5ccc6ccccc6c5)CC4)nc32)cc1. The first-order chi connectivity index (χ1) is 19.1. The molecule has 1 aliphatic rings. The first kappa shape index (κ1) is 26.3. The van der Waals surface area contributed by atoms with Crippen molar-refractivity contribution in [2.24, 2.45) is 0 Å². The van der Waals surface area contributed by atoms with Gasteiger partial charge in [-0.15, -0.1) is 5.10 Å². The second-order valence-corrected chi connectivity index (χ2v) is 13.4. The number of fused-ring (bicyclic) bond motifs is 2. The van der Waals surface area contributed by atoms with E-state index in [9.17, 15) is 13.2 Å². The molecule has 3 aromatic carbocycles. The van der Waals surface area contributed by atoms with Crippen LogP contribution in [0.3, 0.4) is 0 Å². The molecule has 0 unspecified atom stereocenters. The lowest BCUT2D eigenvalue weighted by molar-refractivity contribution is 0.313. The van der Waals surface area contributed by atoms with Crippen molar-refractivity contribution in [3.05, 3.63) is 94.0 Å². The Bertz CT molecular complexity index is 1860. The fraction of sp³-hybridized carbons (Fsp3) is 0.333. The summed E-state index contributed by atoms with van der Waals surface area (Å²) in [7, 11) is -3.63. The number of aromatic amines is 1. The molecule has 1 aliphatic heterocycles. The monoisotopic (exact) mass is 556 g/mol. The van der Waals surface area contributed by atoms with Gasteiger partial charge in [-0.1, -0.05) is 80.6 Å². The van der Waals surface area contributed by atoms with Crippen molar-refractivity contribution in [3.63, 3.8) is 0 Å². The Labute approximate surface area is 232 Å². The first-order valence-corrected chi connectivity index (χ1v) is 15.0. The summed E-state index contributed by atoms with van der Waals surface area (Å²) in [6, 6.07) is 21.3. The van der Waals surface area contributed by atoms with E-state index < -0.39 is 10.0 Å². The Balaban J connectivity index is 1.20. The molecule has 0 atom stereocenters. The molecule has 0 spiro atoms. The molecule has 0 aliphatic carbocycles. The highest BCUT2D eigenvalue weighted by atomic mass is 32.2. The van der Waals surface area contributed by atoms with Gasteiger partial charge >= 0.3 is 0 Å². The van der Waals surface area contributed by atoms with Crippen LogP contribution in [-0.4, -0.2) is 50.8 Å². The molecule has 0 bridgehead atoms. The highest BCUT2D eigenvalue weighted by Crippen LogP contribution is 2.30. The summed E-state index contributed by atoms with van der Waals surface area (Å²) in [6.07, 6.45) is 1.11. The smallest absolute Gasteiger partial charge is 0.281 e. The zero-order chi connectivity index (χ0) is 28.1. The summed E-state index contributed by atoms with van der Waals surface area (Å²) >= 11 is 0. The quantitative estimate of drug-likeness (QED) is 0.339. The summed E-state index contributed by atoms with van der Waals surface area (Å²) in [5.74, 6) is 0.474. The van der Waals surface area contributed by atoms with Crippen LogP contribution in [0.2, 0.25) is 0 Å². The highest BCUT2D eigenvalue weighted by molar-refractivity contribution is 7.89. The van der Waals surface area contributed by atoms with Gasteiger partial charge in [0, 0.05) is 19.0 Å². The molecule has 5 aromatic rings. The van der Waals surface area contributed by atoms with Crippen LogP contribution in [0, 0.1) is 0 Å². The average Bonchev–Trinajstić information content (AvgIpc) is 3.35. The molecule has 206 valence electrons. The van der Waals surface area contributed by atoms with Crippen LogP contribution in [0.1, 0.15) is 56.5 Å². The van der Waals surface area contributed by atoms with Gasteiger partial charge in [-0.25, -0.2) is 18.1 Å². The van der Waals surface area contributed by atoms with Gasteiger partial charge in [0.25, 0.3) is 5.56 Å². The Morgan fingerprint density at radius 3 is 2.35 bits per heavy atom. The van der Waals surface area contributed by atoms with E-state index in [4.69, 9.17) is 4.98 Å². The summed E-state index contributed by atoms with van der Waals surface area (Å²) in [5.41, 5.74) is 2.64. The zero-order valence-corrected chi connectivity index (χ0v) is 23.6. The summed E-state index contributed by atoms with van der Waals surface area (Å²) in [5, 5.41) is 10.2. The fourth-order valence-corrected chi connectivity index (χ4v) is 6.82. The molecule has 40 heavy (non-hydrogen) atoms. The lowest BCUT2D eigenvalue weighted by Crippen LogP contribution is -2.38. The van der Waals surface area contributed by atoms with Crippen molar-refractivity contribution >= 4 is 32.0 Å². The molecule has 6 rings (SSSR count). The summed E-state index contributed by atoms with van der Waals surface area (Å²) in [4.78, 5) is 20.8. The topological polar surface area (TPSA) is 114 Å². The Morgan fingerprint density at radius 2 is 1.65 bits per heavy atom. The van der Waals surface area contributed by atoms with Crippen molar-refractivity contribution < 1.29 is 8.42 Å². The average molecular weight is 557 g/mol. The molecular formula is C30H32N6O3S. The van der Waals surface area contributed by atoms with E-state index in [1.54, 1.807) is 16.8 Å². The third kappa shape index (κ3) is 4.93. The van der Waals surface area contributed by atoms with Crippen LogP contribution in [-0.2, 0) is 22.0 Å². The minimum Gasteiger partial charge on any atom is -0.308 e. The number of hydrogen-bond donors (Lipinski definition) is 1. The number of hydrogen-bond acceptors (Lipinski definition) is 6. The van der Waals surface area contributed by atoms with E-state index in [0.717, 1.165) is 16.3 Å². The summed E-state index contributed by atoms with van der Waals surface area (Å²) < 4.78 is 30.0. The lowest BCUT2D eigenvalue weighted by atomic mass is 9.87. The fourth-order valence-electron chi connectivity index (χ4n) is 5.31. The molecule has 0 saturated carbocycles. The van der Waals surface area contributed by atoms with Crippen molar-refractivity contribution in [1.82, 2.24) is 29.3 Å². The molecule has 0 amide bonds. The first-order valence-electron chi connectivity index (χ1n) is 13.5. The van der Waals surface area contributed by atoms with Crippen molar-refractivity contribution in [1.29, 1.82) is 0 Å². The maximum atomic E-state index is 13.4. The van der Waals surface area contributed by atoms with E-state index in [1.807, 2.05) is 30.3 Å². The molecular weight excluding hydrogens is 524 g/mol. The Hall–Kier alpha value is -3.89. The van der Waals surface area contributed by atoms with Gasteiger partial charge < -0.3 is 4.98 Å². The molecule has 9 nitrogen and oxygen atoms in total. The minimum absolute atomic E-state index is 0.0621. The molecule has 1 fully saturated rings. The van der Waals surface area contributed by atoms with E-state index in [-0.39, 0.29) is 22.4 Å². The Kier molecular flexibility index (Phi) is 6.54. The molecule has 3 heterocycles. The number of rotatable bonds is 5. The number of piperidine rings is 1. The van der Waals surface area contributed by atoms with Gasteiger partial charge in [-0.2, -0.15) is 4.31 Å². The third-order valence-electron chi connectivity index (χ3n) is 7.74. The third-order valence-corrected chi connectivity index (χ3v) is 9.64. The number of nitrogens with zero attached hydrogens (tertiary/aromatic N) is 5.